The molecule has 0 amide bonds. The highest BCUT2D eigenvalue weighted by Crippen LogP contribution is 2.25. The number of nitrogens with zero attached hydrogens (tertiary/aromatic N) is 1. The van der Waals surface area contributed by atoms with Crippen LogP contribution in [-0.4, -0.2) is 4.98 Å². The Kier molecular flexibility index (Phi) is 3.76. The van der Waals surface area contributed by atoms with Gasteiger partial charge in [0.2, 0.25) is 0 Å². The number of benzene rings is 1. The molecule has 1 atom stereocenters. The standard InChI is InChI=1S/C12H12ClFN2S/c1-7-16-11(6-17-7)10(15)5-8-3-2-4-9(14)12(8)13/h2-4,6,10H,5,15H2,1H3. The molecule has 0 aliphatic carbocycles. The van der Waals surface area contributed by atoms with Gasteiger partial charge in [-0.1, -0.05) is 23.7 Å². The van der Waals surface area contributed by atoms with Crippen molar-refractivity contribution in [1.29, 1.82) is 0 Å². The van der Waals surface area contributed by atoms with Crippen LogP contribution < -0.4 is 5.73 Å². The second-order valence-corrected chi connectivity index (χ2v) is 5.26. The topological polar surface area (TPSA) is 38.9 Å². The average molecular weight is 271 g/mol. The molecule has 0 radical (unpaired) electrons. The highest BCUT2D eigenvalue weighted by atomic mass is 35.5. The zero-order valence-corrected chi connectivity index (χ0v) is 10.9. The van der Waals surface area contributed by atoms with Gasteiger partial charge >= 0.3 is 0 Å². The van der Waals surface area contributed by atoms with Crippen molar-refractivity contribution < 1.29 is 4.39 Å². The van der Waals surface area contributed by atoms with Crippen LogP contribution in [0.5, 0.6) is 0 Å². The van der Waals surface area contributed by atoms with Crippen LogP contribution in [0.2, 0.25) is 5.02 Å². The molecule has 2 N–H and O–H groups in total. The second kappa shape index (κ2) is 5.12. The zero-order valence-electron chi connectivity index (χ0n) is 9.28. The summed E-state index contributed by atoms with van der Waals surface area (Å²) in [6.45, 7) is 1.93. The van der Waals surface area contributed by atoms with E-state index in [-0.39, 0.29) is 11.1 Å². The van der Waals surface area contributed by atoms with Crippen molar-refractivity contribution in [2.24, 2.45) is 5.73 Å². The van der Waals surface area contributed by atoms with Crippen LogP contribution in [0.1, 0.15) is 22.3 Å². The van der Waals surface area contributed by atoms with Gasteiger partial charge in [-0.3, -0.25) is 0 Å². The molecule has 2 nitrogen and oxygen atoms in total. The smallest absolute Gasteiger partial charge is 0.142 e. The number of thiazole rings is 1. The summed E-state index contributed by atoms with van der Waals surface area (Å²) in [4.78, 5) is 4.32. The molecular weight excluding hydrogens is 259 g/mol. The Morgan fingerprint density at radius 2 is 2.29 bits per heavy atom. The Hall–Kier alpha value is -0.970. The van der Waals surface area contributed by atoms with E-state index < -0.39 is 5.82 Å². The van der Waals surface area contributed by atoms with E-state index >= 15 is 0 Å². The minimum atomic E-state index is -0.411. The minimum absolute atomic E-state index is 0.148. The molecule has 0 bridgehead atoms. The Morgan fingerprint density at radius 1 is 1.53 bits per heavy atom. The quantitative estimate of drug-likeness (QED) is 0.927. The first-order valence-electron chi connectivity index (χ1n) is 5.18. The summed E-state index contributed by atoms with van der Waals surface area (Å²) < 4.78 is 13.2. The third-order valence-electron chi connectivity index (χ3n) is 2.49. The van der Waals surface area contributed by atoms with Gasteiger partial charge in [0.1, 0.15) is 5.82 Å². The van der Waals surface area contributed by atoms with E-state index in [1.54, 1.807) is 23.5 Å². The molecule has 1 aromatic heterocycles. The lowest BCUT2D eigenvalue weighted by Gasteiger charge is -2.10. The molecular formula is C12H12ClFN2S. The number of nitrogens with two attached hydrogens (primary N) is 1. The van der Waals surface area contributed by atoms with E-state index in [0.717, 1.165) is 10.7 Å². The molecule has 17 heavy (non-hydrogen) atoms. The fourth-order valence-electron chi connectivity index (χ4n) is 1.60. The van der Waals surface area contributed by atoms with Crippen LogP contribution >= 0.6 is 22.9 Å². The maximum atomic E-state index is 13.2. The van der Waals surface area contributed by atoms with Gasteiger partial charge in [0.05, 0.1) is 21.8 Å². The molecule has 1 heterocycles. The lowest BCUT2D eigenvalue weighted by Crippen LogP contribution is -2.14. The van der Waals surface area contributed by atoms with Crippen LogP contribution in [0.4, 0.5) is 4.39 Å². The molecule has 2 aromatic rings. The van der Waals surface area contributed by atoms with Crippen molar-refractivity contribution in [3.63, 3.8) is 0 Å². The van der Waals surface area contributed by atoms with Crippen molar-refractivity contribution in [2.75, 3.05) is 0 Å². The van der Waals surface area contributed by atoms with E-state index in [0.29, 0.717) is 12.0 Å². The Bertz CT molecular complexity index is 527. The van der Waals surface area contributed by atoms with Gasteiger partial charge in [-0.25, -0.2) is 9.37 Å². The van der Waals surface area contributed by atoms with E-state index in [9.17, 15) is 4.39 Å². The molecule has 0 fully saturated rings. The number of aryl methyl sites for hydroxylation is 1. The third kappa shape index (κ3) is 2.83. The molecule has 0 aliphatic rings. The molecule has 1 aromatic carbocycles. The Balaban J connectivity index is 2.18. The molecule has 0 spiro atoms. The minimum Gasteiger partial charge on any atom is -0.322 e. The van der Waals surface area contributed by atoms with E-state index in [2.05, 4.69) is 4.98 Å². The number of hydrogen-bond acceptors (Lipinski definition) is 3. The van der Waals surface area contributed by atoms with Crippen LogP contribution in [0, 0.1) is 12.7 Å². The first kappa shape index (κ1) is 12.5. The lowest BCUT2D eigenvalue weighted by atomic mass is 10.0. The van der Waals surface area contributed by atoms with Gasteiger partial charge < -0.3 is 5.73 Å². The molecule has 0 saturated carbocycles. The summed E-state index contributed by atoms with van der Waals surface area (Å²) >= 11 is 7.43. The van der Waals surface area contributed by atoms with Crippen molar-refractivity contribution in [3.05, 3.63) is 50.7 Å². The summed E-state index contributed by atoms with van der Waals surface area (Å²) in [6.07, 6.45) is 0.486. The maximum Gasteiger partial charge on any atom is 0.142 e. The van der Waals surface area contributed by atoms with Crippen molar-refractivity contribution in [1.82, 2.24) is 4.98 Å². The predicted molar refractivity (Wildman–Crippen MR) is 68.9 cm³/mol. The van der Waals surface area contributed by atoms with E-state index in [4.69, 9.17) is 17.3 Å². The lowest BCUT2D eigenvalue weighted by molar-refractivity contribution is 0.621. The molecule has 2 rings (SSSR count). The van der Waals surface area contributed by atoms with Gasteiger partial charge in [-0.2, -0.15) is 0 Å². The number of halogens is 2. The summed E-state index contributed by atoms with van der Waals surface area (Å²) in [7, 11) is 0. The highest BCUT2D eigenvalue weighted by molar-refractivity contribution is 7.09. The van der Waals surface area contributed by atoms with Gasteiger partial charge in [-0.05, 0) is 25.0 Å². The largest absolute Gasteiger partial charge is 0.322 e. The molecule has 0 aliphatic heterocycles. The van der Waals surface area contributed by atoms with Crippen LogP contribution in [0.15, 0.2) is 23.6 Å². The van der Waals surface area contributed by atoms with Gasteiger partial charge in [0, 0.05) is 5.38 Å². The van der Waals surface area contributed by atoms with E-state index in [1.165, 1.54) is 6.07 Å². The third-order valence-corrected chi connectivity index (χ3v) is 3.70. The molecule has 0 saturated heterocycles. The highest BCUT2D eigenvalue weighted by Gasteiger charge is 2.13. The predicted octanol–water partition coefficient (Wildman–Crippen LogP) is 3.49. The van der Waals surface area contributed by atoms with E-state index in [1.807, 2.05) is 12.3 Å². The fourth-order valence-corrected chi connectivity index (χ4v) is 2.48. The summed E-state index contributed by atoms with van der Waals surface area (Å²) in [5.41, 5.74) is 7.56. The van der Waals surface area contributed by atoms with Crippen molar-refractivity contribution in [3.8, 4) is 0 Å². The fraction of sp³-hybridized carbons (Fsp3) is 0.250. The van der Waals surface area contributed by atoms with Gasteiger partial charge in [0.25, 0.3) is 0 Å². The summed E-state index contributed by atoms with van der Waals surface area (Å²) in [6, 6.07) is 4.50. The summed E-state index contributed by atoms with van der Waals surface area (Å²) in [5.74, 6) is -0.411. The Labute approximate surface area is 108 Å². The Morgan fingerprint density at radius 3 is 2.94 bits per heavy atom. The normalized spacial score (nSPS) is 12.7. The average Bonchev–Trinajstić information content (AvgIpc) is 2.72. The second-order valence-electron chi connectivity index (χ2n) is 3.81. The number of aromatic nitrogens is 1. The van der Waals surface area contributed by atoms with Crippen molar-refractivity contribution >= 4 is 22.9 Å². The maximum absolute atomic E-state index is 13.2. The van der Waals surface area contributed by atoms with Gasteiger partial charge in [0.15, 0.2) is 0 Å². The number of hydrogen-bond donors (Lipinski definition) is 1. The van der Waals surface area contributed by atoms with Gasteiger partial charge in [-0.15, -0.1) is 11.3 Å². The molecule has 5 heteroatoms. The number of rotatable bonds is 3. The monoisotopic (exact) mass is 270 g/mol. The zero-order chi connectivity index (χ0) is 12.4. The van der Waals surface area contributed by atoms with Crippen molar-refractivity contribution in [2.45, 2.75) is 19.4 Å². The SMILES string of the molecule is Cc1nc(C(N)Cc2cccc(F)c2Cl)cs1. The molecule has 1 unspecified atom stereocenters. The van der Waals surface area contributed by atoms with Crippen LogP contribution in [0.25, 0.3) is 0 Å². The molecule has 90 valence electrons. The van der Waals surface area contributed by atoms with Crippen LogP contribution in [0.3, 0.4) is 0 Å². The summed E-state index contributed by atoms with van der Waals surface area (Å²) in [5, 5.41) is 3.04. The first-order chi connectivity index (χ1) is 8.08. The van der Waals surface area contributed by atoms with Crippen LogP contribution in [-0.2, 0) is 6.42 Å². The first-order valence-corrected chi connectivity index (χ1v) is 6.44.